The SMILES string of the molecule is CC(=O)OC1O[C@H](CO[Si](c2ccccc2)(c2ccccc2)C(C)(C)C)[C@@H](OC(C)=O)[C@H](OC(C)=O)[C@H]1OC(C)=O. The minimum Gasteiger partial charge on any atom is -0.456 e. The van der Waals surface area contributed by atoms with Gasteiger partial charge in [0.15, 0.2) is 12.2 Å². The molecule has 0 radical (unpaired) electrons. The average Bonchev–Trinajstić information content (AvgIpc) is 2.87. The second kappa shape index (κ2) is 13.4. The van der Waals surface area contributed by atoms with E-state index in [1.54, 1.807) is 0 Å². The standard InChI is InChI=1S/C30H38O10Si/c1-19(31)36-26-25(40-29(39-22(4)34)28(38-21(3)33)27(26)37-20(2)32)18-35-41(30(5,6)7,23-14-10-8-11-15-23)24-16-12-9-13-17-24/h8-17,25-29H,18H2,1-7H3/t25-,26-,27+,28-,29?/m1/s1. The van der Waals surface area contributed by atoms with Gasteiger partial charge in [-0.2, -0.15) is 0 Å². The van der Waals surface area contributed by atoms with Crippen LogP contribution in [0.3, 0.4) is 0 Å². The molecule has 0 aliphatic carbocycles. The van der Waals surface area contributed by atoms with Crippen LogP contribution < -0.4 is 10.4 Å². The fourth-order valence-corrected chi connectivity index (χ4v) is 9.79. The highest BCUT2D eigenvalue weighted by Crippen LogP contribution is 2.38. The smallest absolute Gasteiger partial charge is 0.305 e. The zero-order chi connectivity index (χ0) is 30.4. The number of benzene rings is 2. The largest absolute Gasteiger partial charge is 0.456 e. The minimum atomic E-state index is -3.08. The van der Waals surface area contributed by atoms with Gasteiger partial charge in [-0.3, -0.25) is 19.2 Å². The van der Waals surface area contributed by atoms with E-state index >= 15 is 0 Å². The molecule has 11 heteroatoms. The Balaban J connectivity index is 2.13. The van der Waals surface area contributed by atoms with E-state index in [2.05, 4.69) is 20.8 Å². The Morgan fingerprint density at radius 2 is 1.07 bits per heavy atom. The molecule has 1 unspecified atom stereocenters. The van der Waals surface area contributed by atoms with E-state index in [9.17, 15) is 19.2 Å². The molecular formula is C30H38O10Si. The molecule has 0 amide bonds. The molecule has 1 aliphatic rings. The fraction of sp³-hybridized carbons (Fsp3) is 0.467. The van der Waals surface area contributed by atoms with Gasteiger partial charge < -0.3 is 28.1 Å². The van der Waals surface area contributed by atoms with E-state index in [1.807, 2.05) is 60.7 Å². The van der Waals surface area contributed by atoms with Gasteiger partial charge in [0.2, 0.25) is 12.4 Å². The highest BCUT2D eigenvalue weighted by Gasteiger charge is 2.56. The van der Waals surface area contributed by atoms with Gasteiger partial charge in [-0.05, 0) is 15.4 Å². The van der Waals surface area contributed by atoms with Crippen molar-refractivity contribution in [3.8, 4) is 0 Å². The molecule has 0 N–H and O–H groups in total. The van der Waals surface area contributed by atoms with Crippen LogP contribution in [0.4, 0.5) is 0 Å². The second-order valence-electron chi connectivity index (χ2n) is 10.8. The van der Waals surface area contributed by atoms with Crippen molar-refractivity contribution < 1.29 is 47.3 Å². The molecule has 2 aromatic rings. The molecule has 2 aromatic carbocycles. The Kier molecular flexibility index (Phi) is 10.5. The van der Waals surface area contributed by atoms with Gasteiger partial charge in [0.05, 0.1) is 6.61 Å². The van der Waals surface area contributed by atoms with Gasteiger partial charge in [-0.1, -0.05) is 81.4 Å². The number of carbonyl (C=O) groups is 4. The summed E-state index contributed by atoms with van der Waals surface area (Å²) < 4.78 is 35.0. The van der Waals surface area contributed by atoms with Crippen molar-refractivity contribution in [3.05, 3.63) is 60.7 Å². The molecule has 41 heavy (non-hydrogen) atoms. The van der Waals surface area contributed by atoms with Crippen molar-refractivity contribution in [2.75, 3.05) is 6.61 Å². The Labute approximate surface area is 241 Å². The lowest BCUT2D eigenvalue weighted by atomic mass is 9.98. The van der Waals surface area contributed by atoms with Crippen LogP contribution >= 0.6 is 0 Å². The Hall–Kier alpha value is -3.54. The van der Waals surface area contributed by atoms with E-state index in [4.69, 9.17) is 28.1 Å². The number of rotatable bonds is 9. The summed E-state index contributed by atoms with van der Waals surface area (Å²) in [7, 11) is -3.08. The van der Waals surface area contributed by atoms with Gasteiger partial charge in [0.25, 0.3) is 8.32 Å². The summed E-state index contributed by atoms with van der Waals surface area (Å²) in [6.07, 6.45) is -6.51. The van der Waals surface area contributed by atoms with Crippen LogP contribution in [-0.4, -0.2) is 69.5 Å². The molecule has 0 bridgehead atoms. The lowest BCUT2D eigenvalue weighted by Crippen LogP contribution is -2.69. The lowest BCUT2D eigenvalue weighted by molar-refractivity contribution is -0.298. The monoisotopic (exact) mass is 586 g/mol. The number of ether oxygens (including phenoxy) is 5. The Morgan fingerprint density at radius 1 is 0.659 bits per heavy atom. The molecular weight excluding hydrogens is 548 g/mol. The van der Waals surface area contributed by atoms with E-state index in [-0.39, 0.29) is 11.6 Å². The van der Waals surface area contributed by atoms with Crippen LogP contribution in [-0.2, 0) is 47.3 Å². The summed E-state index contributed by atoms with van der Waals surface area (Å²) >= 11 is 0. The maximum Gasteiger partial charge on any atom is 0.305 e. The van der Waals surface area contributed by atoms with Crippen LogP contribution in [0.5, 0.6) is 0 Å². The summed E-state index contributed by atoms with van der Waals surface area (Å²) in [6, 6.07) is 19.8. The summed E-state index contributed by atoms with van der Waals surface area (Å²) in [5, 5.41) is 1.63. The van der Waals surface area contributed by atoms with Gasteiger partial charge >= 0.3 is 23.9 Å². The number of hydrogen-bond acceptors (Lipinski definition) is 10. The quantitative estimate of drug-likeness (QED) is 0.246. The number of esters is 4. The summed E-state index contributed by atoms with van der Waals surface area (Å²) in [5.74, 6) is -2.86. The van der Waals surface area contributed by atoms with E-state index < -0.39 is 62.9 Å². The highest BCUT2D eigenvalue weighted by molar-refractivity contribution is 6.99. The lowest BCUT2D eigenvalue weighted by Gasteiger charge is -2.47. The van der Waals surface area contributed by atoms with Crippen LogP contribution in [0, 0.1) is 0 Å². The molecule has 1 fully saturated rings. The molecule has 1 heterocycles. The van der Waals surface area contributed by atoms with Gasteiger partial charge in [0.1, 0.15) is 6.10 Å². The van der Waals surface area contributed by atoms with E-state index in [0.717, 1.165) is 17.3 Å². The normalized spacial score (nSPS) is 22.8. The first kappa shape index (κ1) is 32.0. The molecule has 3 rings (SSSR count). The number of carbonyl (C=O) groups excluding carboxylic acids is 4. The fourth-order valence-electron chi connectivity index (χ4n) is 5.22. The third-order valence-corrected chi connectivity index (χ3v) is 11.7. The number of hydrogen-bond donors (Lipinski definition) is 0. The van der Waals surface area contributed by atoms with Crippen molar-refractivity contribution in [1.82, 2.24) is 0 Å². The van der Waals surface area contributed by atoms with Crippen LogP contribution in [0.15, 0.2) is 60.7 Å². The first-order valence-corrected chi connectivity index (χ1v) is 15.3. The second-order valence-corrected chi connectivity index (χ2v) is 15.2. The van der Waals surface area contributed by atoms with Crippen molar-refractivity contribution in [2.24, 2.45) is 0 Å². The van der Waals surface area contributed by atoms with Crippen LogP contribution in [0.1, 0.15) is 48.5 Å². The minimum absolute atomic E-state index is 0.131. The Morgan fingerprint density at radius 3 is 1.49 bits per heavy atom. The predicted octanol–water partition coefficient (Wildman–Crippen LogP) is 2.65. The topological polar surface area (TPSA) is 124 Å². The molecule has 0 saturated carbocycles. The molecule has 5 atom stereocenters. The van der Waals surface area contributed by atoms with Crippen molar-refractivity contribution >= 4 is 42.6 Å². The molecule has 0 spiro atoms. The summed E-state index contributed by atoms with van der Waals surface area (Å²) in [4.78, 5) is 48.4. The van der Waals surface area contributed by atoms with Crippen molar-refractivity contribution in [3.63, 3.8) is 0 Å². The van der Waals surface area contributed by atoms with Crippen molar-refractivity contribution in [1.29, 1.82) is 0 Å². The van der Waals surface area contributed by atoms with Crippen molar-refractivity contribution in [2.45, 2.75) is 84.2 Å². The van der Waals surface area contributed by atoms with Gasteiger partial charge in [-0.15, -0.1) is 0 Å². The third-order valence-electron chi connectivity index (χ3n) is 6.66. The van der Waals surface area contributed by atoms with Crippen LogP contribution in [0.25, 0.3) is 0 Å². The van der Waals surface area contributed by atoms with E-state index in [0.29, 0.717) is 0 Å². The Bertz CT molecular complexity index is 1170. The maximum absolute atomic E-state index is 12.2. The molecule has 1 saturated heterocycles. The highest BCUT2D eigenvalue weighted by atomic mass is 28.4. The maximum atomic E-state index is 12.2. The molecule has 0 aromatic heterocycles. The van der Waals surface area contributed by atoms with Crippen LogP contribution in [0.2, 0.25) is 5.04 Å². The predicted molar refractivity (Wildman–Crippen MR) is 151 cm³/mol. The zero-order valence-corrected chi connectivity index (χ0v) is 25.4. The molecule has 1 aliphatic heterocycles. The summed E-state index contributed by atoms with van der Waals surface area (Å²) in [6.45, 7) is 10.9. The first-order chi connectivity index (χ1) is 19.3. The molecule has 10 nitrogen and oxygen atoms in total. The van der Waals surface area contributed by atoms with Gasteiger partial charge in [-0.25, -0.2) is 0 Å². The van der Waals surface area contributed by atoms with E-state index in [1.165, 1.54) is 20.8 Å². The molecule has 222 valence electrons. The average molecular weight is 587 g/mol. The summed E-state index contributed by atoms with van der Waals surface area (Å²) in [5.41, 5.74) is 0. The first-order valence-electron chi connectivity index (χ1n) is 13.4. The van der Waals surface area contributed by atoms with Gasteiger partial charge in [0, 0.05) is 27.7 Å². The third kappa shape index (κ3) is 7.60. The zero-order valence-electron chi connectivity index (χ0n) is 24.4.